The number of carboxylic acid groups (broad SMARTS) is 1. The standard InChI is InChI=1S/C26H22N2O4/c1-16-9-14-21(15-17(16)2)28-24(19-7-5-4-6-8-19)22(25(29)30)23(27-28)18-10-12-20(13-11-18)26(31)32-3/h4-15H,1-3H3,(H,29,30). The number of carbonyl (C=O) groups excluding carboxylic acids is 1. The number of nitrogens with zero attached hydrogens (tertiary/aromatic N) is 2. The number of carboxylic acids is 1. The topological polar surface area (TPSA) is 81.4 Å². The third-order valence-electron chi connectivity index (χ3n) is 5.46. The molecular formula is C26H22N2O4. The quantitative estimate of drug-likeness (QED) is 0.438. The summed E-state index contributed by atoms with van der Waals surface area (Å²) in [5.74, 6) is -1.54. The van der Waals surface area contributed by atoms with E-state index < -0.39 is 11.9 Å². The summed E-state index contributed by atoms with van der Waals surface area (Å²) in [6, 6.07) is 21.8. The van der Waals surface area contributed by atoms with Crippen molar-refractivity contribution in [2.45, 2.75) is 13.8 Å². The summed E-state index contributed by atoms with van der Waals surface area (Å²) in [4.78, 5) is 24.2. The lowest BCUT2D eigenvalue weighted by molar-refractivity contribution is 0.0599. The Morgan fingerprint density at radius 2 is 1.56 bits per heavy atom. The van der Waals surface area contributed by atoms with E-state index in [4.69, 9.17) is 9.84 Å². The third kappa shape index (κ3) is 3.78. The van der Waals surface area contributed by atoms with Crippen molar-refractivity contribution in [1.29, 1.82) is 0 Å². The number of hydrogen-bond acceptors (Lipinski definition) is 4. The summed E-state index contributed by atoms with van der Waals surface area (Å²) in [7, 11) is 1.32. The van der Waals surface area contributed by atoms with Crippen LogP contribution in [0.2, 0.25) is 0 Å². The summed E-state index contributed by atoms with van der Waals surface area (Å²) in [6.45, 7) is 4.03. The molecule has 3 aromatic carbocycles. The highest BCUT2D eigenvalue weighted by Crippen LogP contribution is 2.35. The zero-order valence-corrected chi connectivity index (χ0v) is 18.0. The van der Waals surface area contributed by atoms with Crippen LogP contribution in [0.25, 0.3) is 28.2 Å². The zero-order valence-electron chi connectivity index (χ0n) is 18.0. The molecule has 0 amide bonds. The first-order valence-electron chi connectivity index (χ1n) is 10.1. The van der Waals surface area contributed by atoms with Crippen molar-refractivity contribution < 1.29 is 19.4 Å². The number of hydrogen-bond donors (Lipinski definition) is 1. The number of aryl methyl sites for hydroxylation is 2. The van der Waals surface area contributed by atoms with Crippen LogP contribution in [0.4, 0.5) is 0 Å². The molecule has 0 fully saturated rings. The summed E-state index contributed by atoms with van der Waals surface area (Å²) < 4.78 is 6.43. The summed E-state index contributed by atoms with van der Waals surface area (Å²) in [6.07, 6.45) is 0. The van der Waals surface area contributed by atoms with Crippen molar-refractivity contribution in [1.82, 2.24) is 9.78 Å². The van der Waals surface area contributed by atoms with Gasteiger partial charge in [-0.15, -0.1) is 0 Å². The average Bonchev–Trinajstić information content (AvgIpc) is 3.22. The Labute approximate surface area is 185 Å². The molecule has 160 valence electrons. The number of ether oxygens (including phenoxy) is 1. The molecule has 0 atom stereocenters. The second-order valence-electron chi connectivity index (χ2n) is 7.49. The Morgan fingerprint density at radius 1 is 0.875 bits per heavy atom. The average molecular weight is 426 g/mol. The van der Waals surface area contributed by atoms with Crippen molar-refractivity contribution in [2.75, 3.05) is 7.11 Å². The van der Waals surface area contributed by atoms with Crippen molar-refractivity contribution in [3.05, 3.63) is 95.1 Å². The lowest BCUT2D eigenvalue weighted by atomic mass is 10.0. The van der Waals surface area contributed by atoms with Gasteiger partial charge < -0.3 is 9.84 Å². The Bertz CT molecular complexity index is 1310. The monoisotopic (exact) mass is 426 g/mol. The van der Waals surface area contributed by atoms with Gasteiger partial charge in [0.2, 0.25) is 0 Å². The van der Waals surface area contributed by atoms with Gasteiger partial charge in [-0.3, -0.25) is 0 Å². The van der Waals surface area contributed by atoms with E-state index in [2.05, 4.69) is 0 Å². The predicted octanol–water partition coefficient (Wildman–Crippen LogP) is 5.31. The van der Waals surface area contributed by atoms with Gasteiger partial charge in [-0.1, -0.05) is 48.5 Å². The molecule has 1 heterocycles. The highest BCUT2D eigenvalue weighted by molar-refractivity contribution is 6.02. The van der Waals surface area contributed by atoms with Gasteiger partial charge in [-0.2, -0.15) is 5.10 Å². The molecule has 0 unspecified atom stereocenters. The van der Waals surface area contributed by atoms with Crippen LogP contribution in [0.5, 0.6) is 0 Å². The van der Waals surface area contributed by atoms with E-state index in [1.807, 2.05) is 62.4 Å². The van der Waals surface area contributed by atoms with Crippen molar-refractivity contribution in [2.24, 2.45) is 0 Å². The molecule has 0 bridgehead atoms. The minimum absolute atomic E-state index is 0.0975. The van der Waals surface area contributed by atoms with E-state index in [1.165, 1.54) is 7.11 Å². The number of methoxy groups -OCH3 is 1. The summed E-state index contributed by atoms with van der Waals surface area (Å²) in [5.41, 5.74) is 5.62. The van der Waals surface area contributed by atoms with Crippen LogP contribution < -0.4 is 0 Å². The Morgan fingerprint density at radius 3 is 2.16 bits per heavy atom. The predicted molar refractivity (Wildman–Crippen MR) is 122 cm³/mol. The van der Waals surface area contributed by atoms with Crippen molar-refractivity contribution in [3.63, 3.8) is 0 Å². The van der Waals surface area contributed by atoms with E-state index in [0.29, 0.717) is 22.5 Å². The lowest BCUT2D eigenvalue weighted by Crippen LogP contribution is -2.03. The molecule has 6 nitrogen and oxygen atoms in total. The number of rotatable bonds is 5. The number of aromatic carboxylic acids is 1. The molecule has 0 aliphatic heterocycles. The van der Waals surface area contributed by atoms with Gasteiger partial charge in [0.05, 0.1) is 24.1 Å². The van der Waals surface area contributed by atoms with E-state index in [-0.39, 0.29) is 5.56 Å². The molecule has 0 radical (unpaired) electrons. The molecule has 0 aliphatic carbocycles. The largest absolute Gasteiger partial charge is 0.478 e. The number of esters is 1. The van der Waals surface area contributed by atoms with E-state index in [1.54, 1.807) is 28.9 Å². The summed E-state index contributed by atoms with van der Waals surface area (Å²) in [5, 5.41) is 14.9. The summed E-state index contributed by atoms with van der Waals surface area (Å²) >= 11 is 0. The third-order valence-corrected chi connectivity index (χ3v) is 5.46. The number of carbonyl (C=O) groups is 2. The fourth-order valence-corrected chi connectivity index (χ4v) is 3.61. The van der Waals surface area contributed by atoms with Crippen LogP contribution in [0.15, 0.2) is 72.8 Å². The van der Waals surface area contributed by atoms with Gasteiger partial charge >= 0.3 is 11.9 Å². The zero-order chi connectivity index (χ0) is 22.8. The van der Waals surface area contributed by atoms with Crippen LogP contribution in [-0.4, -0.2) is 33.9 Å². The molecule has 1 N–H and O–H groups in total. The first kappa shape index (κ1) is 21.1. The van der Waals surface area contributed by atoms with E-state index in [0.717, 1.165) is 22.4 Å². The first-order chi connectivity index (χ1) is 15.4. The highest BCUT2D eigenvalue weighted by atomic mass is 16.5. The van der Waals surface area contributed by atoms with Crippen molar-refractivity contribution >= 4 is 11.9 Å². The smallest absolute Gasteiger partial charge is 0.340 e. The fourth-order valence-electron chi connectivity index (χ4n) is 3.61. The maximum atomic E-state index is 12.4. The van der Waals surface area contributed by atoms with Crippen molar-refractivity contribution in [3.8, 4) is 28.2 Å². The normalized spacial score (nSPS) is 10.7. The molecule has 6 heteroatoms. The molecule has 0 spiro atoms. The maximum Gasteiger partial charge on any atom is 0.340 e. The van der Waals surface area contributed by atoms with Crippen LogP contribution in [0.1, 0.15) is 31.8 Å². The molecule has 4 rings (SSSR count). The van der Waals surface area contributed by atoms with Gasteiger partial charge in [-0.25, -0.2) is 14.3 Å². The second kappa shape index (κ2) is 8.51. The number of aromatic nitrogens is 2. The van der Waals surface area contributed by atoms with Gasteiger partial charge in [0.25, 0.3) is 0 Å². The fraction of sp³-hybridized carbons (Fsp3) is 0.115. The number of benzene rings is 3. The maximum absolute atomic E-state index is 12.4. The lowest BCUT2D eigenvalue weighted by Gasteiger charge is -2.10. The molecule has 0 saturated carbocycles. The highest BCUT2D eigenvalue weighted by Gasteiger charge is 2.26. The van der Waals surface area contributed by atoms with Gasteiger partial charge in [0.15, 0.2) is 0 Å². The van der Waals surface area contributed by atoms with E-state index in [9.17, 15) is 14.7 Å². The van der Waals surface area contributed by atoms with Crippen LogP contribution in [-0.2, 0) is 4.74 Å². The van der Waals surface area contributed by atoms with Gasteiger partial charge in [-0.05, 0) is 49.2 Å². The Kier molecular flexibility index (Phi) is 5.60. The molecule has 32 heavy (non-hydrogen) atoms. The molecule has 4 aromatic rings. The molecule has 1 aromatic heterocycles. The molecular weight excluding hydrogens is 404 g/mol. The SMILES string of the molecule is COC(=O)c1ccc(-c2nn(-c3ccc(C)c(C)c3)c(-c3ccccc3)c2C(=O)O)cc1. The van der Waals surface area contributed by atoms with Gasteiger partial charge in [0, 0.05) is 11.1 Å². The van der Waals surface area contributed by atoms with Crippen LogP contribution in [0, 0.1) is 13.8 Å². The minimum Gasteiger partial charge on any atom is -0.478 e. The second-order valence-corrected chi connectivity index (χ2v) is 7.49. The van der Waals surface area contributed by atoms with Crippen LogP contribution in [0.3, 0.4) is 0 Å². The minimum atomic E-state index is -1.08. The molecule has 0 aliphatic rings. The Hall–Kier alpha value is -4.19. The van der Waals surface area contributed by atoms with Crippen LogP contribution >= 0.6 is 0 Å². The Balaban J connectivity index is 1.99. The first-order valence-corrected chi connectivity index (χ1v) is 10.1. The van der Waals surface area contributed by atoms with Gasteiger partial charge in [0.1, 0.15) is 11.3 Å². The molecule has 0 saturated heterocycles. The van der Waals surface area contributed by atoms with E-state index >= 15 is 0 Å².